The topological polar surface area (TPSA) is 57.6 Å². The van der Waals surface area contributed by atoms with E-state index >= 15 is 0 Å². The van der Waals surface area contributed by atoms with Crippen molar-refractivity contribution in [3.63, 3.8) is 0 Å². The fourth-order valence-electron chi connectivity index (χ4n) is 2.53. The van der Waals surface area contributed by atoms with E-state index in [9.17, 15) is 8.42 Å². The lowest BCUT2D eigenvalue weighted by atomic mass is 10.1. The molecule has 0 saturated carbocycles. The lowest BCUT2D eigenvalue weighted by Crippen LogP contribution is -2.43. The summed E-state index contributed by atoms with van der Waals surface area (Å²) in [5, 5.41) is 9.06. The van der Waals surface area contributed by atoms with Crippen LogP contribution in [0.15, 0.2) is 17.0 Å². The number of aryl methyl sites for hydroxylation is 1. The Morgan fingerprint density at radius 2 is 2.06 bits per heavy atom. The third kappa shape index (κ3) is 2.01. The Morgan fingerprint density at radius 1 is 1.39 bits per heavy atom. The standard InChI is InChI=1S/C13H19NO3S/c1-9-4-5-12-13(10(9)2)14(3)11(6-7-15)8-18(12,16)17/h4-5,11,15H,6-8H2,1-3H3. The van der Waals surface area contributed by atoms with Gasteiger partial charge in [0.15, 0.2) is 9.84 Å². The number of nitrogens with zero attached hydrogens (tertiary/aromatic N) is 1. The molecule has 0 radical (unpaired) electrons. The third-order valence-electron chi connectivity index (χ3n) is 3.77. The maximum Gasteiger partial charge on any atom is 0.182 e. The van der Waals surface area contributed by atoms with Crippen molar-refractivity contribution < 1.29 is 13.5 Å². The van der Waals surface area contributed by atoms with Crippen LogP contribution in [0.3, 0.4) is 0 Å². The third-order valence-corrected chi connectivity index (χ3v) is 5.60. The first-order valence-corrected chi connectivity index (χ1v) is 7.70. The summed E-state index contributed by atoms with van der Waals surface area (Å²) in [6.07, 6.45) is 0.475. The highest BCUT2D eigenvalue weighted by atomic mass is 32.2. The molecule has 0 bridgehead atoms. The summed E-state index contributed by atoms with van der Waals surface area (Å²) >= 11 is 0. The molecule has 0 amide bonds. The maximum absolute atomic E-state index is 12.3. The smallest absolute Gasteiger partial charge is 0.182 e. The van der Waals surface area contributed by atoms with Crippen LogP contribution in [0.1, 0.15) is 17.5 Å². The van der Waals surface area contributed by atoms with E-state index in [1.807, 2.05) is 31.9 Å². The van der Waals surface area contributed by atoms with E-state index in [2.05, 4.69) is 0 Å². The molecule has 4 nitrogen and oxygen atoms in total. The number of hydrogen-bond acceptors (Lipinski definition) is 4. The van der Waals surface area contributed by atoms with Gasteiger partial charge in [-0.25, -0.2) is 8.42 Å². The Morgan fingerprint density at radius 3 is 2.67 bits per heavy atom. The lowest BCUT2D eigenvalue weighted by molar-refractivity contribution is 0.277. The van der Waals surface area contributed by atoms with E-state index in [1.54, 1.807) is 6.07 Å². The Kier molecular flexibility index (Phi) is 3.38. The lowest BCUT2D eigenvalue weighted by Gasteiger charge is -2.37. The number of aliphatic hydroxyl groups excluding tert-OH is 1. The van der Waals surface area contributed by atoms with Gasteiger partial charge in [0.1, 0.15) is 0 Å². The van der Waals surface area contributed by atoms with Gasteiger partial charge in [0.25, 0.3) is 0 Å². The van der Waals surface area contributed by atoms with E-state index in [1.165, 1.54) is 0 Å². The summed E-state index contributed by atoms with van der Waals surface area (Å²) in [6, 6.07) is 3.40. The molecule has 0 aliphatic carbocycles. The number of fused-ring (bicyclic) bond motifs is 1. The first-order chi connectivity index (χ1) is 8.38. The second kappa shape index (κ2) is 4.55. The molecule has 0 fully saturated rings. The van der Waals surface area contributed by atoms with Crippen molar-refractivity contribution in [1.29, 1.82) is 0 Å². The monoisotopic (exact) mass is 269 g/mol. The average molecular weight is 269 g/mol. The largest absolute Gasteiger partial charge is 0.396 e. The molecule has 1 aromatic carbocycles. The SMILES string of the molecule is Cc1ccc2c(c1C)N(C)C(CCO)CS2(=O)=O. The normalized spacial score (nSPS) is 21.8. The number of rotatable bonds is 2. The quantitative estimate of drug-likeness (QED) is 0.878. The summed E-state index contributed by atoms with van der Waals surface area (Å²) in [5.41, 5.74) is 2.88. The predicted octanol–water partition coefficient (Wildman–Crippen LogP) is 1.28. The Bertz CT molecular complexity index is 566. The summed E-state index contributed by atoms with van der Waals surface area (Å²) in [5.74, 6) is 0.0829. The van der Waals surface area contributed by atoms with Crippen LogP contribution >= 0.6 is 0 Å². The summed E-state index contributed by atoms with van der Waals surface area (Å²) < 4.78 is 24.5. The van der Waals surface area contributed by atoms with Gasteiger partial charge in [0.2, 0.25) is 0 Å². The molecule has 18 heavy (non-hydrogen) atoms. The molecule has 0 aromatic heterocycles. The van der Waals surface area contributed by atoms with Crippen molar-refractivity contribution in [2.24, 2.45) is 0 Å². The predicted molar refractivity (Wildman–Crippen MR) is 71.9 cm³/mol. The van der Waals surface area contributed by atoms with E-state index in [0.29, 0.717) is 11.3 Å². The highest BCUT2D eigenvalue weighted by Gasteiger charge is 2.34. The molecule has 1 aliphatic rings. The number of anilines is 1. The highest BCUT2D eigenvalue weighted by Crippen LogP contribution is 2.37. The first kappa shape index (κ1) is 13.4. The molecule has 1 aliphatic heterocycles. The number of benzene rings is 1. The molecule has 1 aromatic rings. The van der Waals surface area contributed by atoms with Crippen LogP contribution in [0, 0.1) is 13.8 Å². The van der Waals surface area contributed by atoms with Gasteiger partial charge < -0.3 is 10.0 Å². The second-order valence-corrected chi connectivity index (χ2v) is 6.92. The zero-order chi connectivity index (χ0) is 13.5. The van der Waals surface area contributed by atoms with Gasteiger partial charge >= 0.3 is 0 Å². The summed E-state index contributed by atoms with van der Waals surface area (Å²) in [7, 11) is -1.34. The fraction of sp³-hybridized carbons (Fsp3) is 0.538. The number of sulfone groups is 1. The number of aliphatic hydroxyl groups is 1. The highest BCUT2D eigenvalue weighted by molar-refractivity contribution is 7.91. The fourth-order valence-corrected chi connectivity index (χ4v) is 4.47. The van der Waals surface area contributed by atoms with Crippen LogP contribution in [-0.2, 0) is 9.84 Å². The van der Waals surface area contributed by atoms with Crippen molar-refractivity contribution in [2.45, 2.75) is 31.2 Å². The van der Waals surface area contributed by atoms with Gasteiger partial charge in [-0.15, -0.1) is 0 Å². The molecule has 1 heterocycles. The molecule has 1 atom stereocenters. The van der Waals surface area contributed by atoms with Crippen molar-refractivity contribution in [3.05, 3.63) is 23.3 Å². The van der Waals surface area contributed by atoms with Crippen LogP contribution in [0.4, 0.5) is 5.69 Å². The maximum atomic E-state index is 12.3. The molecule has 1 N–H and O–H groups in total. The van der Waals surface area contributed by atoms with Crippen LogP contribution in [0.25, 0.3) is 0 Å². The van der Waals surface area contributed by atoms with Crippen molar-refractivity contribution in [2.75, 3.05) is 24.3 Å². The van der Waals surface area contributed by atoms with Crippen molar-refractivity contribution in [3.8, 4) is 0 Å². The Hall–Kier alpha value is -1.07. The average Bonchev–Trinajstić information content (AvgIpc) is 2.29. The van der Waals surface area contributed by atoms with Gasteiger partial charge in [-0.05, 0) is 37.5 Å². The molecular formula is C13H19NO3S. The Balaban J connectivity index is 2.63. The van der Waals surface area contributed by atoms with Crippen LogP contribution in [0.5, 0.6) is 0 Å². The second-order valence-electron chi connectivity index (χ2n) is 4.91. The van der Waals surface area contributed by atoms with Crippen molar-refractivity contribution >= 4 is 15.5 Å². The minimum Gasteiger partial charge on any atom is -0.396 e. The molecular weight excluding hydrogens is 250 g/mol. The van der Waals surface area contributed by atoms with Crippen LogP contribution in [-0.4, -0.2) is 39.0 Å². The molecule has 0 spiro atoms. The van der Waals surface area contributed by atoms with Gasteiger partial charge in [0.05, 0.1) is 16.3 Å². The summed E-state index contributed by atoms with van der Waals surface area (Å²) in [6.45, 7) is 3.93. The molecule has 0 saturated heterocycles. The van der Waals surface area contributed by atoms with Crippen molar-refractivity contribution in [1.82, 2.24) is 0 Å². The van der Waals surface area contributed by atoms with Gasteiger partial charge in [0, 0.05) is 19.7 Å². The minimum atomic E-state index is -3.24. The Labute approximate surface area is 108 Å². The van der Waals surface area contributed by atoms with Gasteiger partial charge in [-0.3, -0.25) is 0 Å². The molecule has 100 valence electrons. The molecule has 5 heteroatoms. The zero-order valence-corrected chi connectivity index (χ0v) is 11.8. The summed E-state index contributed by atoms with van der Waals surface area (Å²) in [4.78, 5) is 2.41. The van der Waals surface area contributed by atoms with E-state index in [0.717, 1.165) is 16.8 Å². The van der Waals surface area contributed by atoms with Crippen LogP contribution in [0.2, 0.25) is 0 Å². The first-order valence-electron chi connectivity index (χ1n) is 6.05. The van der Waals surface area contributed by atoms with Gasteiger partial charge in [-0.1, -0.05) is 6.07 Å². The molecule has 2 rings (SSSR count). The van der Waals surface area contributed by atoms with E-state index < -0.39 is 9.84 Å². The minimum absolute atomic E-state index is 0.00469. The van der Waals surface area contributed by atoms with Crippen LogP contribution < -0.4 is 4.90 Å². The van der Waals surface area contributed by atoms with E-state index in [4.69, 9.17) is 5.11 Å². The zero-order valence-electron chi connectivity index (χ0n) is 11.0. The van der Waals surface area contributed by atoms with E-state index in [-0.39, 0.29) is 18.4 Å². The van der Waals surface area contributed by atoms with Gasteiger partial charge in [-0.2, -0.15) is 0 Å². The number of hydrogen-bond donors (Lipinski definition) is 1. The molecule has 1 unspecified atom stereocenters.